The maximum Gasteiger partial charge on any atom is 0.254 e. The summed E-state index contributed by atoms with van der Waals surface area (Å²) in [4.78, 5) is 16.7. The second-order valence-electron chi connectivity index (χ2n) is 6.52. The molecule has 0 saturated carbocycles. The van der Waals surface area contributed by atoms with Crippen LogP contribution >= 0.6 is 0 Å². The van der Waals surface area contributed by atoms with E-state index in [1.54, 1.807) is 13.3 Å². The van der Waals surface area contributed by atoms with Crippen LogP contribution in [0.5, 0.6) is 0 Å². The van der Waals surface area contributed by atoms with Crippen LogP contribution in [0.15, 0.2) is 35.5 Å². The molecule has 0 unspecified atom stereocenters. The van der Waals surface area contributed by atoms with Crippen LogP contribution < -0.4 is 5.32 Å². The monoisotopic (exact) mass is 313 g/mol. The number of para-hydroxylation sites is 1. The van der Waals surface area contributed by atoms with Gasteiger partial charge in [-0.15, -0.1) is 0 Å². The topological polar surface area (TPSA) is 46.4 Å². The van der Waals surface area contributed by atoms with Crippen molar-refractivity contribution in [1.82, 2.24) is 9.88 Å². The van der Waals surface area contributed by atoms with Gasteiger partial charge in [-0.1, -0.05) is 38.0 Å². The molecule has 23 heavy (non-hydrogen) atoms. The summed E-state index contributed by atoms with van der Waals surface area (Å²) in [7, 11) is 1.72. The number of carbonyl (C=O) groups excluding carboxylic acids is 1. The van der Waals surface area contributed by atoms with Gasteiger partial charge < -0.3 is 9.88 Å². The van der Waals surface area contributed by atoms with Crippen LogP contribution in [0.25, 0.3) is 10.9 Å². The summed E-state index contributed by atoms with van der Waals surface area (Å²) >= 11 is 0. The van der Waals surface area contributed by atoms with Crippen LogP contribution in [-0.2, 0) is 6.54 Å². The Hall–Kier alpha value is -2.10. The summed E-state index contributed by atoms with van der Waals surface area (Å²) in [6.45, 7) is 7.03. The van der Waals surface area contributed by atoms with Crippen molar-refractivity contribution in [2.24, 2.45) is 4.99 Å². The molecule has 1 heterocycles. The van der Waals surface area contributed by atoms with E-state index >= 15 is 0 Å². The molecular weight excluding hydrogens is 286 g/mol. The number of hydrogen-bond acceptors (Lipinski definition) is 2. The molecule has 0 radical (unpaired) electrons. The fourth-order valence-electron chi connectivity index (χ4n) is 2.86. The van der Waals surface area contributed by atoms with Crippen LogP contribution in [-0.4, -0.2) is 29.3 Å². The van der Waals surface area contributed by atoms with Crippen LogP contribution in [0.1, 0.15) is 50.4 Å². The Kier molecular flexibility index (Phi) is 5.59. The van der Waals surface area contributed by atoms with Gasteiger partial charge in [-0.2, -0.15) is 0 Å². The molecule has 0 bridgehead atoms. The van der Waals surface area contributed by atoms with E-state index < -0.39 is 5.54 Å². The Morgan fingerprint density at radius 1 is 1.30 bits per heavy atom. The Labute approximate surface area is 138 Å². The normalized spacial score (nSPS) is 12.2. The highest BCUT2D eigenvalue weighted by molar-refractivity contribution is 6.08. The number of carbonyl (C=O) groups is 1. The van der Waals surface area contributed by atoms with E-state index in [-0.39, 0.29) is 5.91 Å². The number of aromatic nitrogens is 1. The van der Waals surface area contributed by atoms with Crippen molar-refractivity contribution in [3.63, 3.8) is 0 Å². The Balaban J connectivity index is 2.31. The van der Waals surface area contributed by atoms with Gasteiger partial charge >= 0.3 is 0 Å². The summed E-state index contributed by atoms with van der Waals surface area (Å²) in [5.74, 6) is -0.0552. The molecule has 1 amide bonds. The van der Waals surface area contributed by atoms with E-state index in [2.05, 4.69) is 27.9 Å². The maximum absolute atomic E-state index is 12.7. The number of nitrogens with one attached hydrogen (secondary N) is 1. The lowest BCUT2D eigenvalue weighted by Gasteiger charge is -2.21. The number of hydrogen-bond donors (Lipinski definition) is 1. The number of fused-ring (bicyclic) bond motifs is 1. The van der Waals surface area contributed by atoms with E-state index in [0.717, 1.165) is 29.4 Å². The van der Waals surface area contributed by atoms with Gasteiger partial charge in [0.25, 0.3) is 5.91 Å². The third-order valence-electron chi connectivity index (χ3n) is 3.92. The summed E-state index contributed by atoms with van der Waals surface area (Å²) in [5, 5.41) is 4.05. The molecule has 0 saturated heterocycles. The third-order valence-corrected chi connectivity index (χ3v) is 3.92. The standard InChI is InChI=1S/C19H27N3O/c1-5-6-9-12-22-13-16(15-10-7-8-11-17(15)22)18(23)21-19(2,3)14-20-4/h7-8,10-11,13-14H,5-6,9,12H2,1-4H3,(H,21,23). The number of rotatable bonds is 7. The predicted octanol–water partition coefficient (Wildman–Crippen LogP) is 4.04. The fraction of sp³-hybridized carbons (Fsp3) is 0.474. The first-order valence-corrected chi connectivity index (χ1v) is 8.32. The highest BCUT2D eigenvalue weighted by atomic mass is 16.1. The highest BCUT2D eigenvalue weighted by Gasteiger charge is 2.21. The van der Waals surface area contributed by atoms with Gasteiger partial charge in [-0.25, -0.2) is 0 Å². The molecule has 0 spiro atoms. The number of nitrogens with zero attached hydrogens (tertiary/aromatic N) is 2. The van der Waals surface area contributed by atoms with Gasteiger partial charge in [0.05, 0.1) is 11.1 Å². The van der Waals surface area contributed by atoms with E-state index in [9.17, 15) is 4.79 Å². The van der Waals surface area contributed by atoms with E-state index in [0.29, 0.717) is 0 Å². The molecule has 4 heteroatoms. The molecule has 2 aromatic rings. The molecule has 1 aromatic carbocycles. The quantitative estimate of drug-likeness (QED) is 0.608. The zero-order valence-corrected chi connectivity index (χ0v) is 14.6. The molecule has 4 nitrogen and oxygen atoms in total. The minimum Gasteiger partial charge on any atom is -0.347 e. The fourth-order valence-corrected chi connectivity index (χ4v) is 2.86. The molecule has 1 N–H and O–H groups in total. The van der Waals surface area contributed by atoms with Crippen molar-refractivity contribution >= 4 is 23.0 Å². The number of amides is 1. The Morgan fingerprint density at radius 3 is 2.74 bits per heavy atom. The van der Waals surface area contributed by atoms with Gasteiger partial charge in [0.1, 0.15) is 0 Å². The zero-order chi connectivity index (χ0) is 16.9. The van der Waals surface area contributed by atoms with Gasteiger partial charge in [0.15, 0.2) is 0 Å². The molecule has 0 fully saturated rings. The van der Waals surface area contributed by atoms with Crippen molar-refractivity contribution in [2.45, 2.75) is 52.1 Å². The largest absolute Gasteiger partial charge is 0.347 e. The average molecular weight is 313 g/mol. The van der Waals surface area contributed by atoms with Crippen LogP contribution in [0.3, 0.4) is 0 Å². The minimum absolute atomic E-state index is 0.0552. The summed E-state index contributed by atoms with van der Waals surface area (Å²) in [5.41, 5.74) is 1.39. The molecule has 0 aliphatic carbocycles. The highest BCUT2D eigenvalue weighted by Crippen LogP contribution is 2.22. The maximum atomic E-state index is 12.7. The lowest BCUT2D eigenvalue weighted by molar-refractivity contribution is 0.0934. The smallest absolute Gasteiger partial charge is 0.254 e. The van der Waals surface area contributed by atoms with Gasteiger partial charge in [-0.05, 0) is 26.3 Å². The predicted molar refractivity (Wildman–Crippen MR) is 97.4 cm³/mol. The first-order valence-electron chi connectivity index (χ1n) is 8.32. The third kappa shape index (κ3) is 4.21. The second-order valence-corrected chi connectivity index (χ2v) is 6.52. The number of aliphatic imine (C=N–C) groups is 1. The van der Waals surface area contributed by atoms with E-state index in [1.165, 1.54) is 12.8 Å². The lowest BCUT2D eigenvalue weighted by Crippen LogP contribution is -2.44. The molecule has 0 aliphatic heterocycles. The molecular formula is C19H27N3O. The average Bonchev–Trinajstić information content (AvgIpc) is 2.86. The zero-order valence-electron chi connectivity index (χ0n) is 14.6. The Bertz CT molecular complexity index is 698. The molecule has 0 atom stereocenters. The van der Waals surface area contributed by atoms with Crippen molar-refractivity contribution in [2.75, 3.05) is 7.05 Å². The Morgan fingerprint density at radius 2 is 2.04 bits per heavy atom. The van der Waals surface area contributed by atoms with E-state index in [1.807, 2.05) is 38.2 Å². The number of unbranched alkanes of at least 4 members (excludes halogenated alkanes) is 2. The van der Waals surface area contributed by atoms with Crippen molar-refractivity contribution in [1.29, 1.82) is 0 Å². The van der Waals surface area contributed by atoms with Gasteiger partial charge in [0, 0.05) is 36.9 Å². The van der Waals surface area contributed by atoms with Crippen molar-refractivity contribution in [3.05, 3.63) is 36.0 Å². The first-order chi connectivity index (χ1) is 11.0. The molecule has 2 rings (SSSR count). The first kappa shape index (κ1) is 17.3. The molecule has 124 valence electrons. The number of benzene rings is 1. The summed E-state index contributed by atoms with van der Waals surface area (Å²) in [6, 6.07) is 8.10. The summed E-state index contributed by atoms with van der Waals surface area (Å²) < 4.78 is 2.20. The minimum atomic E-state index is -0.461. The molecule has 1 aromatic heterocycles. The van der Waals surface area contributed by atoms with Crippen LogP contribution in [0, 0.1) is 0 Å². The molecule has 0 aliphatic rings. The second kappa shape index (κ2) is 7.44. The lowest BCUT2D eigenvalue weighted by atomic mass is 10.1. The summed E-state index contributed by atoms with van der Waals surface area (Å²) in [6.07, 6.45) is 7.26. The van der Waals surface area contributed by atoms with Crippen molar-refractivity contribution in [3.8, 4) is 0 Å². The number of aryl methyl sites for hydroxylation is 1. The van der Waals surface area contributed by atoms with Crippen molar-refractivity contribution < 1.29 is 4.79 Å². The SMILES string of the molecule is CCCCCn1cc(C(=O)NC(C)(C)C=NC)c2ccccc21. The van der Waals surface area contributed by atoms with Crippen LogP contribution in [0.4, 0.5) is 0 Å². The van der Waals surface area contributed by atoms with Crippen LogP contribution in [0.2, 0.25) is 0 Å². The van der Waals surface area contributed by atoms with Gasteiger partial charge in [0.2, 0.25) is 0 Å². The van der Waals surface area contributed by atoms with Gasteiger partial charge in [-0.3, -0.25) is 9.79 Å². The van der Waals surface area contributed by atoms with E-state index in [4.69, 9.17) is 0 Å².